The van der Waals surface area contributed by atoms with Crippen LogP contribution in [0.2, 0.25) is 0 Å². The molecule has 202 valence electrons. The second kappa shape index (κ2) is 12.0. The fourth-order valence-electron chi connectivity index (χ4n) is 4.47. The van der Waals surface area contributed by atoms with E-state index in [9.17, 15) is 9.90 Å². The Bertz CT molecular complexity index is 1430. The number of rotatable bonds is 9. The van der Waals surface area contributed by atoms with E-state index in [1.807, 2.05) is 24.3 Å². The number of allylic oxidation sites excluding steroid dienone is 1. The molecule has 4 N–H and O–H groups in total. The Hall–Kier alpha value is -4.42. The van der Waals surface area contributed by atoms with Crippen molar-refractivity contribution in [2.45, 2.75) is 32.3 Å². The molecule has 4 rings (SSSR count). The highest BCUT2D eigenvalue weighted by Gasteiger charge is 2.24. The second-order valence-corrected chi connectivity index (χ2v) is 10.3. The molecule has 0 bridgehead atoms. The van der Waals surface area contributed by atoms with Crippen LogP contribution in [0.4, 0.5) is 11.5 Å². The highest BCUT2D eigenvalue weighted by molar-refractivity contribution is 6.09. The van der Waals surface area contributed by atoms with Crippen molar-refractivity contribution in [2.75, 3.05) is 32.1 Å². The summed E-state index contributed by atoms with van der Waals surface area (Å²) in [5, 5.41) is 35.1. The third-order valence-corrected chi connectivity index (χ3v) is 6.68. The minimum atomic E-state index is -0.860. The molecule has 9 nitrogen and oxygen atoms in total. The molecule has 9 heteroatoms. The van der Waals surface area contributed by atoms with E-state index in [4.69, 9.17) is 15.4 Å². The summed E-state index contributed by atoms with van der Waals surface area (Å²) in [5.41, 5.74) is 1.90. The van der Waals surface area contributed by atoms with Gasteiger partial charge < -0.3 is 30.8 Å². The van der Waals surface area contributed by atoms with Crippen LogP contribution in [0, 0.1) is 22.7 Å². The number of carbonyl (C=O) groups excluding carboxylic acids is 1. The molecular formula is C30H34N6O3. The van der Waals surface area contributed by atoms with E-state index >= 15 is 0 Å². The van der Waals surface area contributed by atoms with Gasteiger partial charge in [-0.2, -0.15) is 5.26 Å². The number of hydrogen-bond acceptors (Lipinski definition) is 8. The molecule has 3 aromatic rings. The van der Waals surface area contributed by atoms with Gasteiger partial charge in [0.05, 0.1) is 24.5 Å². The van der Waals surface area contributed by atoms with E-state index < -0.39 is 5.60 Å². The van der Waals surface area contributed by atoms with E-state index in [1.54, 1.807) is 56.5 Å². The average Bonchev–Trinajstić information content (AvgIpc) is 2.94. The van der Waals surface area contributed by atoms with Gasteiger partial charge in [0.1, 0.15) is 11.6 Å². The van der Waals surface area contributed by atoms with Gasteiger partial charge in [-0.25, -0.2) is 4.98 Å². The van der Waals surface area contributed by atoms with Crippen molar-refractivity contribution in [2.24, 2.45) is 5.92 Å². The molecule has 39 heavy (non-hydrogen) atoms. The van der Waals surface area contributed by atoms with Crippen LogP contribution in [0.5, 0.6) is 5.75 Å². The number of fused-ring (bicyclic) bond motifs is 1. The zero-order valence-corrected chi connectivity index (χ0v) is 22.5. The van der Waals surface area contributed by atoms with Gasteiger partial charge in [0.15, 0.2) is 0 Å². The molecule has 1 fully saturated rings. The van der Waals surface area contributed by atoms with E-state index in [2.05, 4.69) is 21.7 Å². The number of anilines is 2. The van der Waals surface area contributed by atoms with Gasteiger partial charge in [-0.05, 0) is 68.0 Å². The number of hydrogen-bond donors (Lipinski definition) is 4. The minimum Gasteiger partial charge on any atom is -0.495 e. The Morgan fingerprint density at radius 2 is 1.95 bits per heavy atom. The number of aromatic nitrogens is 1. The number of nitrogens with zero attached hydrogens (tertiary/aromatic N) is 3. The number of piperidine rings is 1. The Morgan fingerprint density at radius 1 is 1.21 bits per heavy atom. The maximum Gasteiger partial charge on any atom is 0.253 e. The van der Waals surface area contributed by atoms with Gasteiger partial charge in [-0.3, -0.25) is 4.79 Å². The molecule has 1 aliphatic heterocycles. The predicted octanol–water partition coefficient (Wildman–Crippen LogP) is 4.71. The van der Waals surface area contributed by atoms with Crippen LogP contribution in [-0.2, 0) is 0 Å². The number of amides is 1. The van der Waals surface area contributed by atoms with E-state index in [0.717, 1.165) is 16.3 Å². The number of likely N-dealkylation sites (tertiary alicyclic amines) is 1. The number of aliphatic hydroxyl groups is 1. The first-order valence-corrected chi connectivity index (χ1v) is 12.9. The summed E-state index contributed by atoms with van der Waals surface area (Å²) in [7, 11) is 1.56. The van der Waals surface area contributed by atoms with Crippen molar-refractivity contribution < 1.29 is 14.6 Å². The molecule has 2 aromatic carbocycles. The van der Waals surface area contributed by atoms with Crippen LogP contribution in [-0.4, -0.2) is 59.5 Å². The number of carbonyl (C=O) groups is 1. The first-order chi connectivity index (χ1) is 18.7. The van der Waals surface area contributed by atoms with Crippen LogP contribution in [0.1, 0.15) is 42.6 Å². The molecular weight excluding hydrogens is 492 g/mol. The van der Waals surface area contributed by atoms with Gasteiger partial charge in [-0.1, -0.05) is 12.1 Å². The lowest BCUT2D eigenvalue weighted by Gasteiger charge is -2.29. The number of nitriles is 1. The van der Waals surface area contributed by atoms with E-state index in [-0.39, 0.29) is 11.8 Å². The summed E-state index contributed by atoms with van der Waals surface area (Å²) < 4.78 is 5.58. The number of nitrogens with one attached hydrogen (secondary N) is 3. The highest BCUT2D eigenvalue weighted by atomic mass is 16.5. The fourth-order valence-corrected chi connectivity index (χ4v) is 4.47. The van der Waals surface area contributed by atoms with Crippen LogP contribution in [0.25, 0.3) is 16.3 Å². The lowest BCUT2D eigenvalue weighted by Crippen LogP contribution is -2.38. The highest BCUT2D eigenvalue weighted by Crippen LogP contribution is 2.31. The van der Waals surface area contributed by atoms with Gasteiger partial charge in [0, 0.05) is 60.7 Å². The molecule has 2 heterocycles. The molecule has 0 saturated carbocycles. The molecule has 0 spiro atoms. The van der Waals surface area contributed by atoms with Crippen molar-refractivity contribution in [1.29, 1.82) is 10.7 Å². The first kappa shape index (κ1) is 27.6. The Balaban J connectivity index is 1.53. The predicted molar refractivity (Wildman–Crippen MR) is 153 cm³/mol. The topological polar surface area (TPSA) is 134 Å². The van der Waals surface area contributed by atoms with Crippen molar-refractivity contribution in [3.63, 3.8) is 0 Å². The number of benzene rings is 2. The van der Waals surface area contributed by atoms with Gasteiger partial charge in [-0.15, -0.1) is 0 Å². The molecule has 1 aromatic heterocycles. The smallest absolute Gasteiger partial charge is 0.253 e. The summed E-state index contributed by atoms with van der Waals surface area (Å²) >= 11 is 0. The minimum absolute atomic E-state index is 0.0174. The van der Waals surface area contributed by atoms with Gasteiger partial charge >= 0.3 is 0 Å². The number of ether oxygens (including phenoxy) is 1. The second-order valence-electron chi connectivity index (χ2n) is 10.3. The molecule has 0 unspecified atom stereocenters. The summed E-state index contributed by atoms with van der Waals surface area (Å²) in [5.74, 6) is 1.08. The zero-order chi connectivity index (χ0) is 28.0. The van der Waals surface area contributed by atoms with Crippen LogP contribution in [0.3, 0.4) is 0 Å². The lowest BCUT2D eigenvalue weighted by molar-refractivity contribution is 0.0706. The summed E-state index contributed by atoms with van der Waals surface area (Å²) in [6, 6.07) is 15.4. The maximum atomic E-state index is 13.0. The van der Waals surface area contributed by atoms with Crippen molar-refractivity contribution in [3.05, 3.63) is 66.0 Å². The first-order valence-electron chi connectivity index (χ1n) is 12.9. The van der Waals surface area contributed by atoms with Gasteiger partial charge in [0.2, 0.25) is 0 Å². The summed E-state index contributed by atoms with van der Waals surface area (Å²) in [6.45, 7) is 4.95. The normalized spacial score (nSPS) is 14.5. The quantitative estimate of drug-likeness (QED) is 0.297. The largest absolute Gasteiger partial charge is 0.495 e. The standard InChI is InChI=1S/C30H34N6O3/c1-30(2,38)19-33-17-25(16-32)21-4-5-23-18-34-28(14-24(23)12-21)35-26-7-6-22(13-27(26)39-3)29(37)36-10-8-20(15-31)9-11-36/h4-7,12-14,16-18,20,32-33,38H,8-11,19H2,1-3H3,(H,34,35)/b25-17+,32-16?. The number of pyridine rings is 1. The average molecular weight is 527 g/mol. The van der Waals surface area contributed by atoms with Crippen molar-refractivity contribution in [3.8, 4) is 11.8 Å². The molecule has 1 amide bonds. The summed E-state index contributed by atoms with van der Waals surface area (Å²) in [4.78, 5) is 19.3. The SMILES string of the molecule is COc1cc(C(=O)N2CCC(C#N)CC2)ccc1Nc1cc2cc(/C(C=N)=C/NCC(C)(C)O)ccc2cn1. The van der Waals surface area contributed by atoms with E-state index in [1.165, 1.54) is 6.21 Å². The van der Waals surface area contributed by atoms with Crippen molar-refractivity contribution >= 4 is 40.0 Å². The zero-order valence-electron chi connectivity index (χ0n) is 22.5. The van der Waals surface area contributed by atoms with Crippen LogP contribution in [0.15, 0.2) is 54.9 Å². The molecule has 1 aliphatic rings. The fraction of sp³-hybridized carbons (Fsp3) is 0.333. The Labute approximate surface area is 228 Å². The Morgan fingerprint density at radius 3 is 2.62 bits per heavy atom. The Kier molecular flexibility index (Phi) is 8.47. The summed E-state index contributed by atoms with van der Waals surface area (Å²) in [6.07, 6.45) is 6.17. The third-order valence-electron chi connectivity index (χ3n) is 6.68. The van der Waals surface area contributed by atoms with E-state index in [0.29, 0.717) is 60.9 Å². The third kappa shape index (κ3) is 6.92. The van der Waals surface area contributed by atoms with Crippen LogP contribution >= 0.6 is 0 Å². The molecule has 0 aliphatic carbocycles. The maximum absolute atomic E-state index is 13.0. The molecule has 1 saturated heterocycles. The number of methoxy groups -OCH3 is 1. The molecule has 0 atom stereocenters. The lowest BCUT2D eigenvalue weighted by atomic mass is 9.98. The van der Waals surface area contributed by atoms with Crippen LogP contribution < -0.4 is 15.4 Å². The van der Waals surface area contributed by atoms with Crippen molar-refractivity contribution in [1.82, 2.24) is 15.2 Å². The van der Waals surface area contributed by atoms with Gasteiger partial charge in [0.25, 0.3) is 5.91 Å². The monoisotopic (exact) mass is 526 g/mol. The molecule has 0 radical (unpaired) electrons.